The molecule has 0 bridgehead atoms. The van der Waals surface area contributed by atoms with Crippen LogP contribution in [-0.4, -0.2) is 20.2 Å². The summed E-state index contributed by atoms with van der Waals surface area (Å²) in [6, 6.07) is 7.58. The molecule has 2 rings (SSSR count). The molecule has 2 N–H and O–H groups in total. The second-order valence-corrected chi connectivity index (χ2v) is 4.20. The highest BCUT2D eigenvalue weighted by Crippen LogP contribution is 2.18. The first kappa shape index (κ1) is 13.4. The number of tetrazole rings is 1. The Labute approximate surface area is 106 Å². The molecule has 0 atom stereocenters. The number of hydrogen-bond acceptors (Lipinski definition) is 4. The minimum atomic E-state index is 0. The second kappa shape index (κ2) is 5.63. The summed E-state index contributed by atoms with van der Waals surface area (Å²) < 4.78 is 1.80. The van der Waals surface area contributed by atoms with Gasteiger partial charge in [0.1, 0.15) is 0 Å². The van der Waals surface area contributed by atoms with Gasteiger partial charge in [0.25, 0.3) is 0 Å². The maximum Gasteiger partial charge on any atom is 0.182 e. The Kier molecular flexibility index (Phi) is 4.45. The van der Waals surface area contributed by atoms with Crippen molar-refractivity contribution in [3.63, 3.8) is 0 Å². The van der Waals surface area contributed by atoms with Gasteiger partial charge in [-0.2, -0.15) is 0 Å². The lowest BCUT2D eigenvalue weighted by Crippen LogP contribution is -2.08. The fourth-order valence-corrected chi connectivity index (χ4v) is 1.56. The number of anilines is 1. The first-order chi connectivity index (χ1) is 7.66. The highest BCUT2D eigenvalue weighted by Gasteiger charge is 2.09. The topological polar surface area (TPSA) is 69.6 Å². The van der Waals surface area contributed by atoms with Gasteiger partial charge in [0.15, 0.2) is 5.82 Å². The van der Waals surface area contributed by atoms with Crippen LogP contribution in [0.5, 0.6) is 0 Å². The molecule has 0 aliphatic rings. The molecule has 1 heterocycles. The largest absolute Gasteiger partial charge is 0.399 e. The lowest BCUT2D eigenvalue weighted by atomic mass is 10.2. The normalized spacial score (nSPS) is 10.3. The summed E-state index contributed by atoms with van der Waals surface area (Å²) in [5, 5.41) is 11.7. The molecule has 0 aliphatic heterocycles. The van der Waals surface area contributed by atoms with Crippen molar-refractivity contribution in [3.8, 4) is 11.4 Å². The van der Waals surface area contributed by atoms with Gasteiger partial charge in [0.05, 0.1) is 0 Å². The van der Waals surface area contributed by atoms with E-state index in [0.717, 1.165) is 23.6 Å². The van der Waals surface area contributed by atoms with E-state index in [4.69, 9.17) is 5.73 Å². The molecule has 0 saturated carbocycles. The van der Waals surface area contributed by atoms with Gasteiger partial charge in [-0.15, -0.1) is 17.5 Å². The number of hydrogen-bond donors (Lipinski definition) is 1. The summed E-state index contributed by atoms with van der Waals surface area (Å²) >= 11 is 0. The Bertz CT molecular complexity index is 480. The second-order valence-electron chi connectivity index (χ2n) is 4.20. The fraction of sp³-hybridized carbons (Fsp3) is 0.364. The molecule has 0 spiro atoms. The smallest absolute Gasteiger partial charge is 0.182 e. The van der Waals surface area contributed by atoms with Gasteiger partial charge in [0.2, 0.25) is 0 Å². The van der Waals surface area contributed by atoms with Gasteiger partial charge in [-0.05, 0) is 28.5 Å². The molecule has 0 amide bonds. The van der Waals surface area contributed by atoms with E-state index in [0.29, 0.717) is 5.92 Å². The molecular formula is C11H16ClN5. The predicted molar refractivity (Wildman–Crippen MR) is 69.8 cm³/mol. The average molecular weight is 254 g/mol. The Balaban J connectivity index is 0.00000144. The van der Waals surface area contributed by atoms with E-state index >= 15 is 0 Å². The number of nitrogens with zero attached hydrogens (tertiary/aromatic N) is 4. The van der Waals surface area contributed by atoms with Crippen LogP contribution in [0, 0.1) is 5.92 Å². The van der Waals surface area contributed by atoms with Crippen LogP contribution in [0.2, 0.25) is 0 Å². The van der Waals surface area contributed by atoms with Gasteiger partial charge < -0.3 is 5.73 Å². The maximum atomic E-state index is 5.74. The molecule has 0 aliphatic carbocycles. The molecule has 0 saturated heterocycles. The van der Waals surface area contributed by atoms with Crippen molar-refractivity contribution in [1.82, 2.24) is 20.2 Å². The average Bonchev–Trinajstić information content (AvgIpc) is 2.65. The number of aromatic nitrogens is 4. The van der Waals surface area contributed by atoms with Gasteiger partial charge >= 0.3 is 0 Å². The summed E-state index contributed by atoms with van der Waals surface area (Å²) in [5.41, 5.74) is 7.41. The van der Waals surface area contributed by atoms with E-state index in [1.165, 1.54) is 0 Å². The monoisotopic (exact) mass is 253 g/mol. The molecule has 2 aromatic rings. The number of benzene rings is 1. The van der Waals surface area contributed by atoms with Crippen LogP contribution in [0.3, 0.4) is 0 Å². The van der Waals surface area contributed by atoms with Crippen LogP contribution < -0.4 is 5.73 Å². The van der Waals surface area contributed by atoms with Crippen molar-refractivity contribution in [2.24, 2.45) is 5.92 Å². The van der Waals surface area contributed by atoms with Crippen LogP contribution in [0.25, 0.3) is 11.4 Å². The molecule has 1 aromatic carbocycles. The summed E-state index contributed by atoms with van der Waals surface area (Å²) in [6.07, 6.45) is 0. The molecule has 6 heteroatoms. The van der Waals surface area contributed by atoms with E-state index in [9.17, 15) is 0 Å². The van der Waals surface area contributed by atoms with E-state index in [1.807, 2.05) is 24.3 Å². The summed E-state index contributed by atoms with van der Waals surface area (Å²) in [7, 11) is 0. The summed E-state index contributed by atoms with van der Waals surface area (Å²) in [5.74, 6) is 1.27. The van der Waals surface area contributed by atoms with Crippen molar-refractivity contribution in [1.29, 1.82) is 0 Å². The molecule has 0 fully saturated rings. The lowest BCUT2D eigenvalue weighted by molar-refractivity contribution is 0.475. The SMILES string of the molecule is CC(C)Cn1nnnc1-c1cccc(N)c1.Cl. The molecule has 5 nitrogen and oxygen atoms in total. The minimum Gasteiger partial charge on any atom is -0.399 e. The van der Waals surface area contributed by atoms with Crippen LogP contribution in [0.4, 0.5) is 5.69 Å². The highest BCUT2D eigenvalue weighted by atomic mass is 35.5. The van der Waals surface area contributed by atoms with Crippen LogP contribution in [-0.2, 0) is 6.54 Å². The van der Waals surface area contributed by atoms with Crippen molar-refractivity contribution in [3.05, 3.63) is 24.3 Å². The molecule has 0 radical (unpaired) electrons. The zero-order chi connectivity index (χ0) is 11.5. The van der Waals surface area contributed by atoms with Gasteiger partial charge in [-0.3, -0.25) is 0 Å². The van der Waals surface area contributed by atoms with Gasteiger partial charge in [-0.1, -0.05) is 26.0 Å². The zero-order valence-corrected chi connectivity index (χ0v) is 10.7. The maximum absolute atomic E-state index is 5.74. The Morgan fingerprint density at radius 1 is 1.35 bits per heavy atom. The Morgan fingerprint density at radius 3 is 2.76 bits per heavy atom. The first-order valence-corrected chi connectivity index (χ1v) is 5.29. The van der Waals surface area contributed by atoms with Crippen LogP contribution in [0.15, 0.2) is 24.3 Å². The quantitative estimate of drug-likeness (QED) is 0.850. The number of rotatable bonds is 3. The molecular weight excluding hydrogens is 238 g/mol. The van der Waals surface area contributed by atoms with Crippen molar-refractivity contribution >= 4 is 18.1 Å². The molecule has 17 heavy (non-hydrogen) atoms. The Morgan fingerprint density at radius 2 is 2.12 bits per heavy atom. The first-order valence-electron chi connectivity index (χ1n) is 5.29. The van der Waals surface area contributed by atoms with Crippen molar-refractivity contribution < 1.29 is 0 Å². The molecule has 1 aromatic heterocycles. The predicted octanol–water partition coefficient (Wildman–Crippen LogP) is 2.00. The van der Waals surface area contributed by atoms with Crippen LogP contribution in [0.1, 0.15) is 13.8 Å². The van der Waals surface area contributed by atoms with Gasteiger partial charge in [0, 0.05) is 17.8 Å². The standard InChI is InChI=1S/C11H15N5.ClH/c1-8(2)7-16-11(13-14-15-16)9-4-3-5-10(12)6-9;/h3-6,8H,7,12H2,1-2H3;1H. The van der Waals surface area contributed by atoms with Gasteiger partial charge in [-0.25, -0.2) is 4.68 Å². The minimum absolute atomic E-state index is 0. The van der Waals surface area contributed by atoms with E-state index in [2.05, 4.69) is 29.4 Å². The van der Waals surface area contributed by atoms with E-state index < -0.39 is 0 Å². The van der Waals surface area contributed by atoms with Crippen molar-refractivity contribution in [2.75, 3.05) is 5.73 Å². The van der Waals surface area contributed by atoms with E-state index in [1.54, 1.807) is 4.68 Å². The third kappa shape index (κ3) is 3.17. The number of nitrogens with two attached hydrogens (primary N) is 1. The lowest BCUT2D eigenvalue weighted by Gasteiger charge is -2.07. The third-order valence-electron chi connectivity index (χ3n) is 2.21. The van der Waals surface area contributed by atoms with Crippen LogP contribution >= 0.6 is 12.4 Å². The summed E-state index contributed by atoms with van der Waals surface area (Å²) in [4.78, 5) is 0. The van der Waals surface area contributed by atoms with Crippen molar-refractivity contribution in [2.45, 2.75) is 20.4 Å². The van der Waals surface area contributed by atoms with E-state index in [-0.39, 0.29) is 12.4 Å². The molecule has 92 valence electrons. The number of nitrogen functional groups attached to an aromatic ring is 1. The zero-order valence-electron chi connectivity index (χ0n) is 9.87. The summed E-state index contributed by atoms with van der Waals surface area (Å²) in [6.45, 7) is 5.06. The Hall–Kier alpha value is -1.62. The third-order valence-corrected chi connectivity index (χ3v) is 2.21. The number of halogens is 1. The fourth-order valence-electron chi connectivity index (χ4n) is 1.56. The highest BCUT2D eigenvalue weighted by molar-refractivity contribution is 5.85. The molecule has 0 unspecified atom stereocenters.